The average molecular weight is 342 g/mol. The van der Waals surface area contributed by atoms with E-state index in [4.69, 9.17) is 4.42 Å². The molecule has 1 saturated heterocycles. The smallest absolute Gasteiger partial charge is 0.221 e. The van der Waals surface area contributed by atoms with E-state index in [2.05, 4.69) is 21.5 Å². The largest absolute Gasteiger partial charge is 0.465 e. The molecule has 2 atom stereocenters. The third kappa shape index (κ3) is 5.16. The second kappa shape index (κ2) is 8.80. The van der Waals surface area contributed by atoms with Gasteiger partial charge in [0.2, 0.25) is 5.91 Å². The summed E-state index contributed by atoms with van der Waals surface area (Å²) in [5.74, 6) is 2.33. The summed E-state index contributed by atoms with van der Waals surface area (Å²) >= 11 is 0. The van der Waals surface area contributed by atoms with Gasteiger partial charge in [0.1, 0.15) is 11.5 Å². The van der Waals surface area contributed by atoms with E-state index in [1.807, 2.05) is 49.4 Å². The lowest BCUT2D eigenvalue weighted by atomic mass is 10.00. The fourth-order valence-electron chi connectivity index (χ4n) is 3.02. The third-order valence-electron chi connectivity index (χ3n) is 4.43. The van der Waals surface area contributed by atoms with E-state index in [-0.39, 0.29) is 11.9 Å². The molecule has 1 aliphatic rings. The first kappa shape index (κ1) is 17.7. The van der Waals surface area contributed by atoms with Crippen molar-refractivity contribution in [2.75, 3.05) is 19.6 Å². The quantitative estimate of drug-likeness (QED) is 0.549. The number of amides is 1. The Hall–Kier alpha value is -2.15. The van der Waals surface area contributed by atoms with Gasteiger partial charge < -0.3 is 15.1 Å². The van der Waals surface area contributed by atoms with Gasteiger partial charge in [0.15, 0.2) is 0 Å². The number of furan rings is 1. The Labute approximate surface area is 148 Å². The molecule has 1 aromatic carbocycles. The molecule has 2 heterocycles. The summed E-state index contributed by atoms with van der Waals surface area (Å²) in [6, 6.07) is 14.1. The zero-order chi connectivity index (χ0) is 17.5. The van der Waals surface area contributed by atoms with Crippen LogP contribution in [-0.4, -0.2) is 25.5 Å². The minimum atomic E-state index is 0.0669. The SMILES string of the molecule is Cc1ccc(C2NNCC2CNCCC(=O)NCc2ccccc2)o1. The lowest BCUT2D eigenvalue weighted by Gasteiger charge is -2.17. The van der Waals surface area contributed by atoms with Gasteiger partial charge in [0.05, 0.1) is 6.04 Å². The van der Waals surface area contributed by atoms with E-state index < -0.39 is 0 Å². The second-order valence-electron chi connectivity index (χ2n) is 6.43. The van der Waals surface area contributed by atoms with Gasteiger partial charge in [-0.15, -0.1) is 0 Å². The monoisotopic (exact) mass is 342 g/mol. The molecule has 6 nitrogen and oxygen atoms in total. The number of carbonyl (C=O) groups excluding carboxylic acids is 1. The minimum Gasteiger partial charge on any atom is -0.465 e. The first-order valence-electron chi connectivity index (χ1n) is 8.78. The number of hydrogen-bond donors (Lipinski definition) is 4. The maximum absolute atomic E-state index is 11.9. The van der Waals surface area contributed by atoms with Crippen molar-refractivity contribution in [3.05, 3.63) is 59.5 Å². The van der Waals surface area contributed by atoms with Gasteiger partial charge >= 0.3 is 0 Å². The summed E-state index contributed by atoms with van der Waals surface area (Å²) in [5, 5.41) is 6.33. The topological polar surface area (TPSA) is 78.3 Å². The molecular formula is C19H26N4O2. The van der Waals surface area contributed by atoms with Crippen LogP contribution in [0.15, 0.2) is 46.9 Å². The van der Waals surface area contributed by atoms with Crippen molar-refractivity contribution < 1.29 is 9.21 Å². The first-order valence-corrected chi connectivity index (χ1v) is 8.78. The molecule has 2 unspecified atom stereocenters. The fourth-order valence-corrected chi connectivity index (χ4v) is 3.02. The Morgan fingerprint density at radius 1 is 1.24 bits per heavy atom. The number of carbonyl (C=O) groups is 1. The molecule has 1 aromatic heterocycles. The van der Waals surface area contributed by atoms with Crippen molar-refractivity contribution in [2.24, 2.45) is 5.92 Å². The summed E-state index contributed by atoms with van der Waals surface area (Å²) in [6.45, 7) is 4.90. The third-order valence-corrected chi connectivity index (χ3v) is 4.43. The molecule has 4 N–H and O–H groups in total. The van der Waals surface area contributed by atoms with Crippen LogP contribution in [0, 0.1) is 12.8 Å². The number of nitrogens with one attached hydrogen (secondary N) is 4. The Balaban J connectivity index is 1.34. The van der Waals surface area contributed by atoms with Crippen LogP contribution in [0.1, 0.15) is 29.5 Å². The maximum Gasteiger partial charge on any atom is 0.221 e. The van der Waals surface area contributed by atoms with Crippen LogP contribution in [0.25, 0.3) is 0 Å². The highest BCUT2D eigenvalue weighted by Crippen LogP contribution is 2.25. The zero-order valence-electron chi connectivity index (χ0n) is 14.5. The summed E-state index contributed by atoms with van der Waals surface area (Å²) in [6.07, 6.45) is 0.477. The summed E-state index contributed by atoms with van der Waals surface area (Å²) in [7, 11) is 0. The van der Waals surface area contributed by atoms with Crippen LogP contribution in [0.2, 0.25) is 0 Å². The van der Waals surface area contributed by atoms with Gasteiger partial charge in [-0.1, -0.05) is 30.3 Å². The Bertz CT molecular complexity index is 671. The molecule has 1 fully saturated rings. The van der Waals surface area contributed by atoms with Crippen molar-refractivity contribution in [3.8, 4) is 0 Å². The Kier molecular flexibility index (Phi) is 6.22. The highest BCUT2D eigenvalue weighted by molar-refractivity contribution is 5.76. The summed E-state index contributed by atoms with van der Waals surface area (Å²) < 4.78 is 5.72. The van der Waals surface area contributed by atoms with Crippen molar-refractivity contribution in [3.63, 3.8) is 0 Å². The number of hydrazine groups is 1. The molecule has 0 spiro atoms. The van der Waals surface area contributed by atoms with E-state index in [0.717, 1.165) is 30.2 Å². The van der Waals surface area contributed by atoms with Gasteiger partial charge in [-0.25, -0.2) is 5.43 Å². The first-order chi connectivity index (χ1) is 12.2. The highest BCUT2D eigenvalue weighted by atomic mass is 16.3. The Morgan fingerprint density at radius 2 is 2.08 bits per heavy atom. The van der Waals surface area contributed by atoms with Crippen LogP contribution in [0.4, 0.5) is 0 Å². The predicted molar refractivity (Wildman–Crippen MR) is 96.6 cm³/mol. The van der Waals surface area contributed by atoms with Gasteiger partial charge in [-0.2, -0.15) is 0 Å². The zero-order valence-corrected chi connectivity index (χ0v) is 14.5. The van der Waals surface area contributed by atoms with Crippen LogP contribution in [-0.2, 0) is 11.3 Å². The Morgan fingerprint density at radius 3 is 2.84 bits per heavy atom. The number of rotatable bonds is 8. The fraction of sp³-hybridized carbons (Fsp3) is 0.421. The predicted octanol–water partition coefficient (Wildman–Crippen LogP) is 1.65. The number of benzene rings is 1. The molecule has 0 aliphatic carbocycles. The van der Waals surface area contributed by atoms with Crippen LogP contribution < -0.4 is 21.5 Å². The normalized spacial score (nSPS) is 19.9. The van der Waals surface area contributed by atoms with E-state index in [1.54, 1.807) is 0 Å². The molecule has 134 valence electrons. The average Bonchev–Trinajstić information content (AvgIpc) is 3.26. The molecule has 1 amide bonds. The van der Waals surface area contributed by atoms with Gasteiger partial charge in [-0.05, 0) is 24.6 Å². The molecule has 6 heteroatoms. The molecule has 3 rings (SSSR count). The van der Waals surface area contributed by atoms with E-state index >= 15 is 0 Å². The van der Waals surface area contributed by atoms with Gasteiger partial charge in [-0.3, -0.25) is 10.2 Å². The molecule has 0 saturated carbocycles. The highest BCUT2D eigenvalue weighted by Gasteiger charge is 2.30. The van der Waals surface area contributed by atoms with Crippen LogP contribution >= 0.6 is 0 Å². The lowest BCUT2D eigenvalue weighted by molar-refractivity contribution is -0.121. The number of hydrogen-bond acceptors (Lipinski definition) is 5. The summed E-state index contributed by atoms with van der Waals surface area (Å²) in [4.78, 5) is 11.9. The van der Waals surface area contributed by atoms with Gasteiger partial charge in [0.25, 0.3) is 0 Å². The molecule has 0 radical (unpaired) electrons. The number of aryl methyl sites for hydroxylation is 1. The maximum atomic E-state index is 11.9. The van der Waals surface area contributed by atoms with E-state index in [0.29, 0.717) is 25.4 Å². The molecule has 0 bridgehead atoms. The standard InChI is InChI=1S/C19H26N4O2/c1-14-7-8-17(25-14)19-16(13-22-23-19)12-20-10-9-18(24)21-11-15-5-3-2-4-6-15/h2-8,16,19-20,22-23H,9-13H2,1H3,(H,21,24). The van der Waals surface area contributed by atoms with Crippen molar-refractivity contribution in [2.45, 2.75) is 25.9 Å². The minimum absolute atomic E-state index is 0.0669. The second-order valence-corrected chi connectivity index (χ2v) is 6.43. The van der Waals surface area contributed by atoms with E-state index in [1.165, 1.54) is 0 Å². The van der Waals surface area contributed by atoms with Gasteiger partial charge in [0, 0.05) is 38.5 Å². The van der Waals surface area contributed by atoms with Crippen LogP contribution in [0.5, 0.6) is 0 Å². The summed E-state index contributed by atoms with van der Waals surface area (Å²) in [5.41, 5.74) is 7.56. The van der Waals surface area contributed by atoms with Crippen LogP contribution in [0.3, 0.4) is 0 Å². The van der Waals surface area contributed by atoms with Crippen molar-refractivity contribution >= 4 is 5.91 Å². The molecule has 1 aliphatic heterocycles. The van der Waals surface area contributed by atoms with E-state index in [9.17, 15) is 4.79 Å². The van der Waals surface area contributed by atoms with Crippen molar-refractivity contribution in [1.29, 1.82) is 0 Å². The molecule has 25 heavy (non-hydrogen) atoms. The molecular weight excluding hydrogens is 316 g/mol. The molecule has 2 aromatic rings. The van der Waals surface area contributed by atoms with Crippen molar-refractivity contribution in [1.82, 2.24) is 21.5 Å². The lowest BCUT2D eigenvalue weighted by Crippen LogP contribution is -2.32.